The molecule has 1 heterocycles. The van der Waals surface area contributed by atoms with Gasteiger partial charge in [-0.3, -0.25) is 0 Å². The zero-order chi connectivity index (χ0) is 11.8. The molecule has 0 fully saturated rings. The number of benzene rings is 2. The fraction of sp³-hybridized carbons (Fsp3) is 0.200. The molecule has 0 amide bonds. The molecular weight excluding hydrogens is 212 g/mol. The third-order valence-electron chi connectivity index (χ3n) is 3.15. The second-order valence-corrected chi connectivity index (χ2v) is 4.49. The first-order valence-electron chi connectivity index (χ1n) is 5.73. The number of rotatable bonds is 0. The Bertz CT molecular complexity index is 522. The van der Waals surface area contributed by atoms with Crippen LogP contribution in [0.15, 0.2) is 36.4 Å². The van der Waals surface area contributed by atoms with Gasteiger partial charge in [0.2, 0.25) is 0 Å². The van der Waals surface area contributed by atoms with Crippen molar-refractivity contribution in [2.24, 2.45) is 0 Å². The molecule has 0 saturated carbocycles. The van der Waals surface area contributed by atoms with Crippen LogP contribution in [0.25, 0.3) is 11.1 Å². The maximum atomic E-state index is 9.52. The summed E-state index contributed by atoms with van der Waals surface area (Å²) in [5.74, 6) is 0.294. The Kier molecular flexibility index (Phi) is 2.37. The smallest absolute Gasteiger partial charge is 0.115 e. The zero-order valence-electron chi connectivity index (χ0n) is 9.73. The number of fused-ring (bicyclic) bond motifs is 3. The van der Waals surface area contributed by atoms with Crippen molar-refractivity contribution in [1.82, 2.24) is 0 Å². The average molecular weight is 226 g/mol. The first-order chi connectivity index (χ1) is 8.24. The average Bonchev–Trinajstić information content (AvgIpc) is 2.47. The van der Waals surface area contributed by atoms with Crippen LogP contribution in [0.5, 0.6) is 5.75 Å². The molecule has 0 atom stereocenters. The highest BCUT2D eigenvalue weighted by Gasteiger charge is 2.14. The molecule has 2 heteroatoms. The Morgan fingerprint density at radius 1 is 0.941 bits per heavy atom. The van der Waals surface area contributed by atoms with E-state index >= 15 is 0 Å². The number of hydrogen-bond acceptors (Lipinski definition) is 2. The molecule has 0 radical (unpaired) electrons. The van der Waals surface area contributed by atoms with Gasteiger partial charge in [-0.15, -0.1) is 0 Å². The lowest BCUT2D eigenvalue weighted by Crippen LogP contribution is -1.90. The molecule has 2 aromatic rings. The van der Waals surface area contributed by atoms with Crippen LogP contribution in [0.2, 0.25) is 0 Å². The minimum atomic E-state index is 0.294. The van der Waals surface area contributed by atoms with Crippen LogP contribution in [0, 0.1) is 6.92 Å². The molecule has 0 saturated heterocycles. The summed E-state index contributed by atoms with van der Waals surface area (Å²) in [6.07, 6.45) is 0. The lowest BCUT2D eigenvalue weighted by Gasteiger charge is -2.09. The zero-order valence-corrected chi connectivity index (χ0v) is 9.73. The van der Waals surface area contributed by atoms with Gasteiger partial charge in [-0.1, -0.05) is 29.8 Å². The number of hydrogen-bond donors (Lipinski definition) is 1. The minimum absolute atomic E-state index is 0.294. The monoisotopic (exact) mass is 226 g/mol. The lowest BCUT2D eigenvalue weighted by molar-refractivity contribution is 0.109. The summed E-state index contributed by atoms with van der Waals surface area (Å²) in [5, 5.41) is 9.52. The van der Waals surface area contributed by atoms with E-state index in [2.05, 4.69) is 25.1 Å². The molecule has 17 heavy (non-hydrogen) atoms. The van der Waals surface area contributed by atoms with E-state index in [1.807, 2.05) is 6.07 Å². The highest BCUT2D eigenvalue weighted by molar-refractivity contribution is 5.72. The molecule has 0 spiro atoms. The second kappa shape index (κ2) is 3.90. The van der Waals surface area contributed by atoms with E-state index in [0.717, 1.165) is 11.1 Å². The predicted octanol–water partition coefficient (Wildman–Crippen LogP) is 3.40. The molecule has 1 aliphatic heterocycles. The molecule has 2 nitrogen and oxygen atoms in total. The SMILES string of the molecule is Cc1ccc2c(c1)COCc1cc(O)ccc1-2. The normalized spacial score (nSPS) is 13.7. The van der Waals surface area contributed by atoms with Crippen LogP contribution < -0.4 is 0 Å². The Morgan fingerprint density at radius 2 is 1.59 bits per heavy atom. The third kappa shape index (κ3) is 1.81. The van der Waals surface area contributed by atoms with Crippen LogP contribution in [-0.4, -0.2) is 5.11 Å². The van der Waals surface area contributed by atoms with E-state index in [9.17, 15) is 5.11 Å². The molecule has 1 N–H and O–H groups in total. The van der Waals surface area contributed by atoms with Crippen molar-refractivity contribution in [3.63, 3.8) is 0 Å². The Balaban J connectivity index is 2.24. The molecular formula is C15H14O2. The summed E-state index contributed by atoms with van der Waals surface area (Å²) in [7, 11) is 0. The van der Waals surface area contributed by atoms with Gasteiger partial charge in [0.1, 0.15) is 5.75 Å². The standard InChI is InChI=1S/C15H14O2/c1-10-2-4-14-11(6-10)8-17-9-12-7-13(16)3-5-15(12)14/h2-7,16H,8-9H2,1H3. The van der Waals surface area contributed by atoms with Gasteiger partial charge >= 0.3 is 0 Å². The molecule has 0 unspecified atom stereocenters. The molecule has 0 bridgehead atoms. The van der Waals surface area contributed by atoms with Crippen molar-refractivity contribution in [3.8, 4) is 16.9 Å². The Labute approximate surface area is 100 Å². The molecule has 86 valence electrons. The number of aryl methyl sites for hydroxylation is 1. The van der Waals surface area contributed by atoms with Crippen LogP contribution >= 0.6 is 0 Å². The summed E-state index contributed by atoms with van der Waals surface area (Å²) >= 11 is 0. The first kappa shape index (κ1) is 10.4. The van der Waals surface area contributed by atoms with Gasteiger partial charge in [-0.2, -0.15) is 0 Å². The fourth-order valence-electron chi connectivity index (χ4n) is 2.34. The molecule has 1 aliphatic rings. The van der Waals surface area contributed by atoms with Gasteiger partial charge in [0.15, 0.2) is 0 Å². The van der Waals surface area contributed by atoms with E-state index in [1.54, 1.807) is 12.1 Å². The molecule has 0 aliphatic carbocycles. The Hall–Kier alpha value is -1.80. The van der Waals surface area contributed by atoms with Crippen molar-refractivity contribution < 1.29 is 9.84 Å². The minimum Gasteiger partial charge on any atom is -0.508 e. The topological polar surface area (TPSA) is 29.5 Å². The third-order valence-corrected chi connectivity index (χ3v) is 3.15. The van der Waals surface area contributed by atoms with Gasteiger partial charge < -0.3 is 9.84 Å². The van der Waals surface area contributed by atoms with Crippen LogP contribution in [-0.2, 0) is 18.0 Å². The number of phenolic OH excluding ortho intramolecular Hbond substituents is 1. The summed E-state index contributed by atoms with van der Waals surface area (Å²) in [6, 6.07) is 11.9. The van der Waals surface area contributed by atoms with Crippen LogP contribution in [0.1, 0.15) is 16.7 Å². The quantitative estimate of drug-likeness (QED) is 0.746. The summed E-state index contributed by atoms with van der Waals surface area (Å²) in [5.41, 5.74) is 5.88. The first-order valence-corrected chi connectivity index (χ1v) is 5.73. The highest BCUT2D eigenvalue weighted by atomic mass is 16.5. The summed E-state index contributed by atoms with van der Waals surface area (Å²) < 4.78 is 5.65. The number of phenols is 1. The molecule has 2 aromatic carbocycles. The van der Waals surface area contributed by atoms with E-state index in [1.165, 1.54) is 16.7 Å². The molecule has 3 rings (SSSR count). The van der Waals surface area contributed by atoms with Gasteiger partial charge in [0.25, 0.3) is 0 Å². The second-order valence-electron chi connectivity index (χ2n) is 4.49. The molecule has 0 aromatic heterocycles. The maximum Gasteiger partial charge on any atom is 0.115 e. The lowest BCUT2D eigenvalue weighted by atomic mass is 9.95. The summed E-state index contributed by atoms with van der Waals surface area (Å²) in [6.45, 7) is 3.27. The van der Waals surface area contributed by atoms with Gasteiger partial charge in [-0.05, 0) is 41.3 Å². The Morgan fingerprint density at radius 3 is 2.35 bits per heavy atom. The fourth-order valence-corrected chi connectivity index (χ4v) is 2.34. The van der Waals surface area contributed by atoms with Crippen molar-refractivity contribution in [2.75, 3.05) is 0 Å². The van der Waals surface area contributed by atoms with E-state index in [4.69, 9.17) is 4.74 Å². The van der Waals surface area contributed by atoms with Crippen molar-refractivity contribution in [2.45, 2.75) is 20.1 Å². The maximum absolute atomic E-state index is 9.52. The number of aromatic hydroxyl groups is 1. The predicted molar refractivity (Wildman–Crippen MR) is 66.8 cm³/mol. The van der Waals surface area contributed by atoms with Gasteiger partial charge in [0, 0.05) is 0 Å². The van der Waals surface area contributed by atoms with E-state index in [-0.39, 0.29) is 0 Å². The van der Waals surface area contributed by atoms with E-state index < -0.39 is 0 Å². The van der Waals surface area contributed by atoms with Crippen molar-refractivity contribution in [3.05, 3.63) is 53.1 Å². The largest absolute Gasteiger partial charge is 0.508 e. The summed E-state index contributed by atoms with van der Waals surface area (Å²) in [4.78, 5) is 0. The van der Waals surface area contributed by atoms with E-state index in [0.29, 0.717) is 19.0 Å². The van der Waals surface area contributed by atoms with Crippen molar-refractivity contribution >= 4 is 0 Å². The number of ether oxygens (including phenoxy) is 1. The van der Waals surface area contributed by atoms with Crippen LogP contribution in [0.4, 0.5) is 0 Å². The van der Waals surface area contributed by atoms with Crippen LogP contribution in [0.3, 0.4) is 0 Å². The van der Waals surface area contributed by atoms with Gasteiger partial charge in [-0.25, -0.2) is 0 Å². The van der Waals surface area contributed by atoms with Crippen molar-refractivity contribution in [1.29, 1.82) is 0 Å². The van der Waals surface area contributed by atoms with Gasteiger partial charge in [0.05, 0.1) is 13.2 Å². The highest BCUT2D eigenvalue weighted by Crippen LogP contribution is 2.33.